The Hall–Kier alpha value is -4.19. The third-order valence-corrected chi connectivity index (χ3v) is 4.51. The van der Waals surface area contributed by atoms with E-state index in [0.717, 1.165) is 22.5 Å². The monoisotopic (exact) mass is 376 g/mol. The lowest BCUT2D eigenvalue weighted by Crippen LogP contribution is -1.91. The van der Waals surface area contributed by atoms with Crippen molar-refractivity contribution in [2.24, 2.45) is 10.2 Å². The molecule has 5 rings (SSSR count). The van der Waals surface area contributed by atoms with Crippen LogP contribution in [0.3, 0.4) is 0 Å². The van der Waals surface area contributed by atoms with E-state index in [1.165, 1.54) is 0 Å². The number of benzene rings is 2. The molecule has 0 saturated carbocycles. The Morgan fingerprint density at radius 3 is 2.17 bits per heavy atom. The summed E-state index contributed by atoms with van der Waals surface area (Å²) in [5, 5.41) is 13.6. The molecular weight excluding hydrogens is 360 g/mol. The Bertz CT molecular complexity index is 1280. The van der Waals surface area contributed by atoms with E-state index < -0.39 is 0 Å². The molecule has 0 unspecified atom stereocenters. The fourth-order valence-corrected chi connectivity index (χ4v) is 3.09. The predicted molar refractivity (Wildman–Crippen MR) is 112 cm³/mol. The van der Waals surface area contributed by atoms with Crippen LogP contribution in [0.1, 0.15) is 0 Å². The molecule has 0 atom stereocenters. The lowest BCUT2D eigenvalue weighted by molar-refractivity contribution is 0.944. The van der Waals surface area contributed by atoms with Crippen LogP contribution in [0.25, 0.3) is 28.2 Å². The molecule has 0 aliphatic rings. The number of hydrogen-bond donors (Lipinski definition) is 0. The van der Waals surface area contributed by atoms with E-state index in [1.807, 2.05) is 85.1 Å². The van der Waals surface area contributed by atoms with Gasteiger partial charge in [-0.3, -0.25) is 4.98 Å². The number of aromatic nitrogens is 4. The normalized spacial score (nSPS) is 11.3. The topological polar surface area (TPSA) is 67.8 Å². The molecule has 6 nitrogen and oxygen atoms in total. The van der Waals surface area contributed by atoms with Gasteiger partial charge in [-0.25, -0.2) is 9.50 Å². The summed E-state index contributed by atoms with van der Waals surface area (Å²) in [5.74, 6) is 0. The van der Waals surface area contributed by atoms with Gasteiger partial charge in [-0.05, 0) is 30.3 Å². The number of hydrogen-bond acceptors (Lipinski definition) is 5. The van der Waals surface area contributed by atoms with Crippen molar-refractivity contribution in [3.63, 3.8) is 0 Å². The van der Waals surface area contributed by atoms with Gasteiger partial charge in [-0.15, -0.1) is 5.11 Å². The summed E-state index contributed by atoms with van der Waals surface area (Å²) in [6.45, 7) is 0. The minimum absolute atomic E-state index is 0.623. The fraction of sp³-hybridized carbons (Fsp3) is 0. The second-order valence-corrected chi connectivity index (χ2v) is 6.42. The molecule has 5 aromatic rings. The van der Waals surface area contributed by atoms with Crippen LogP contribution < -0.4 is 0 Å². The lowest BCUT2D eigenvalue weighted by atomic mass is 10.1. The van der Waals surface area contributed by atoms with Crippen molar-refractivity contribution in [1.82, 2.24) is 19.6 Å². The zero-order valence-electron chi connectivity index (χ0n) is 15.4. The third kappa shape index (κ3) is 3.39. The molecule has 3 aromatic heterocycles. The second kappa shape index (κ2) is 7.44. The smallest absolute Gasteiger partial charge is 0.184 e. The molecule has 0 aliphatic heterocycles. The van der Waals surface area contributed by atoms with Crippen LogP contribution in [-0.2, 0) is 0 Å². The molecule has 0 bridgehead atoms. The van der Waals surface area contributed by atoms with Gasteiger partial charge in [0.05, 0.1) is 11.4 Å². The van der Waals surface area contributed by atoms with Crippen LogP contribution in [0.15, 0.2) is 108 Å². The average molecular weight is 376 g/mol. The first kappa shape index (κ1) is 16.9. The Morgan fingerprint density at radius 2 is 1.41 bits per heavy atom. The molecule has 0 amide bonds. The van der Waals surface area contributed by atoms with Gasteiger partial charge < -0.3 is 0 Å². The molecule has 0 fully saturated rings. The minimum Gasteiger partial charge on any atom is -0.265 e. The van der Waals surface area contributed by atoms with Crippen LogP contribution in [0.4, 0.5) is 11.4 Å². The number of azo groups is 1. The van der Waals surface area contributed by atoms with E-state index in [4.69, 9.17) is 10.1 Å². The van der Waals surface area contributed by atoms with E-state index in [0.29, 0.717) is 17.0 Å². The summed E-state index contributed by atoms with van der Waals surface area (Å²) < 4.78 is 1.74. The summed E-state index contributed by atoms with van der Waals surface area (Å²) in [6.07, 6.45) is 5.37. The van der Waals surface area contributed by atoms with Crippen LogP contribution >= 0.6 is 0 Å². The molecule has 138 valence electrons. The van der Waals surface area contributed by atoms with E-state index >= 15 is 0 Å². The van der Waals surface area contributed by atoms with Crippen molar-refractivity contribution in [1.29, 1.82) is 0 Å². The summed E-state index contributed by atoms with van der Waals surface area (Å²) in [5.41, 5.74) is 5.56. The third-order valence-electron chi connectivity index (χ3n) is 4.51. The maximum atomic E-state index is 4.83. The van der Waals surface area contributed by atoms with Crippen molar-refractivity contribution in [3.05, 3.63) is 97.5 Å². The van der Waals surface area contributed by atoms with Gasteiger partial charge in [-0.1, -0.05) is 48.5 Å². The number of nitrogens with zero attached hydrogens (tertiary/aromatic N) is 6. The van der Waals surface area contributed by atoms with Crippen LogP contribution in [-0.4, -0.2) is 19.6 Å². The highest BCUT2D eigenvalue weighted by Crippen LogP contribution is 2.34. The van der Waals surface area contributed by atoms with Crippen molar-refractivity contribution >= 4 is 17.0 Å². The van der Waals surface area contributed by atoms with Gasteiger partial charge >= 0.3 is 0 Å². The standard InChI is InChI=1S/C23H16N6/c1-3-7-17(8-4-1)20-13-16-29-23(25-20)22(27-26-19-9-5-2-6-10-19)21(28-29)18-11-14-24-15-12-18/h1-16H. The van der Waals surface area contributed by atoms with E-state index in [9.17, 15) is 0 Å². The zero-order valence-corrected chi connectivity index (χ0v) is 15.4. The average Bonchev–Trinajstić information content (AvgIpc) is 3.17. The quantitative estimate of drug-likeness (QED) is 0.368. The SMILES string of the molecule is c1ccc(N=Nc2c(-c3ccncc3)nn3ccc(-c4ccccc4)nc23)cc1. The molecular formula is C23H16N6. The maximum absolute atomic E-state index is 4.83. The summed E-state index contributed by atoms with van der Waals surface area (Å²) in [4.78, 5) is 8.93. The Kier molecular flexibility index (Phi) is 4.35. The second-order valence-electron chi connectivity index (χ2n) is 6.42. The van der Waals surface area contributed by atoms with E-state index in [2.05, 4.69) is 15.2 Å². The van der Waals surface area contributed by atoms with Gasteiger partial charge in [0, 0.05) is 29.7 Å². The minimum atomic E-state index is 0.623. The molecule has 0 saturated heterocycles. The van der Waals surface area contributed by atoms with Crippen LogP contribution in [0.2, 0.25) is 0 Å². The highest BCUT2D eigenvalue weighted by atomic mass is 15.3. The molecule has 0 aliphatic carbocycles. The molecule has 3 heterocycles. The van der Waals surface area contributed by atoms with Gasteiger partial charge in [0.2, 0.25) is 0 Å². The van der Waals surface area contributed by atoms with E-state index in [-0.39, 0.29) is 0 Å². The molecule has 0 spiro atoms. The maximum Gasteiger partial charge on any atom is 0.184 e. The Balaban J connectivity index is 1.70. The van der Waals surface area contributed by atoms with Gasteiger partial charge in [0.15, 0.2) is 11.3 Å². The van der Waals surface area contributed by atoms with Crippen molar-refractivity contribution in [2.45, 2.75) is 0 Å². The van der Waals surface area contributed by atoms with Crippen molar-refractivity contribution in [3.8, 4) is 22.5 Å². The van der Waals surface area contributed by atoms with Crippen molar-refractivity contribution in [2.75, 3.05) is 0 Å². The Morgan fingerprint density at radius 1 is 0.690 bits per heavy atom. The molecule has 2 aromatic carbocycles. The lowest BCUT2D eigenvalue weighted by Gasteiger charge is -2.01. The largest absolute Gasteiger partial charge is 0.265 e. The zero-order chi connectivity index (χ0) is 19.5. The highest BCUT2D eigenvalue weighted by Gasteiger charge is 2.17. The summed E-state index contributed by atoms with van der Waals surface area (Å²) in [6, 6.07) is 25.4. The van der Waals surface area contributed by atoms with Gasteiger partial charge in [-0.2, -0.15) is 10.2 Å². The van der Waals surface area contributed by atoms with Gasteiger partial charge in [0.1, 0.15) is 5.69 Å². The fourth-order valence-electron chi connectivity index (χ4n) is 3.09. The molecule has 29 heavy (non-hydrogen) atoms. The molecule has 0 N–H and O–H groups in total. The molecule has 6 heteroatoms. The number of rotatable bonds is 4. The number of fused-ring (bicyclic) bond motifs is 1. The first-order valence-corrected chi connectivity index (χ1v) is 9.20. The molecule has 0 radical (unpaired) electrons. The van der Waals surface area contributed by atoms with Crippen LogP contribution in [0, 0.1) is 0 Å². The predicted octanol–water partition coefficient (Wildman–Crippen LogP) is 5.87. The van der Waals surface area contributed by atoms with Crippen LogP contribution in [0.5, 0.6) is 0 Å². The van der Waals surface area contributed by atoms with Gasteiger partial charge in [0.25, 0.3) is 0 Å². The first-order chi connectivity index (χ1) is 14.4. The van der Waals surface area contributed by atoms with Crippen molar-refractivity contribution < 1.29 is 0 Å². The number of pyridine rings is 1. The first-order valence-electron chi connectivity index (χ1n) is 9.20. The Labute approximate surface area is 167 Å². The summed E-state index contributed by atoms with van der Waals surface area (Å²) in [7, 11) is 0. The van der Waals surface area contributed by atoms with E-state index in [1.54, 1.807) is 16.9 Å². The summed E-state index contributed by atoms with van der Waals surface area (Å²) >= 11 is 0. The highest BCUT2D eigenvalue weighted by molar-refractivity contribution is 5.83.